The van der Waals surface area contributed by atoms with E-state index in [-0.39, 0.29) is 5.91 Å². The maximum absolute atomic E-state index is 12.2. The SMILES string of the molecule is Cn1nc(-c2ccccc2)cc1C(=O)NCc1cccs1. The zero-order valence-corrected chi connectivity index (χ0v) is 12.4. The summed E-state index contributed by atoms with van der Waals surface area (Å²) in [5.41, 5.74) is 2.37. The van der Waals surface area contributed by atoms with Crippen LogP contribution < -0.4 is 5.32 Å². The second-order valence-electron chi connectivity index (χ2n) is 4.67. The highest BCUT2D eigenvalue weighted by Gasteiger charge is 2.13. The monoisotopic (exact) mass is 297 g/mol. The smallest absolute Gasteiger partial charge is 0.269 e. The van der Waals surface area contributed by atoms with E-state index in [1.165, 1.54) is 0 Å². The first-order valence-electron chi connectivity index (χ1n) is 6.64. The van der Waals surface area contributed by atoms with Crippen LogP contribution in [0.15, 0.2) is 53.9 Å². The van der Waals surface area contributed by atoms with Gasteiger partial charge in [0, 0.05) is 17.5 Å². The molecule has 1 aromatic carbocycles. The van der Waals surface area contributed by atoms with Crippen molar-refractivity contribution >= 4 is 17.2 Å². The fourth-order valence-corrected chi connectivity index (χ4v) is 2.75. The number of rotatable bonds is 4. The summed E-state index contributed by atoms with van der Waals surface area (Å²) in [7, 11) is 1.78. The second kappa shape index (κ2) is 5.93. The highest BCUT2D eigenvalue weighted by molar-refractivity contribution is 7.09. The van der Waals surface area contributed by atoms with Crippen LogP contribution in [-0.2, 0) is 13.6 Å². The Bertz CT molecular complexity index is 732. The van der Waals surface area contributed by atoms with Gasteiger partial charge in [-0.2, -0.15) is 5.10 Å². The lowest BCUT2D eigenvalue weighted by molar-refractivity contribution is 0.0942. The Balaban J connectivity index is 1.76. The van der Waals surface area contributed by atoms with E-state index in [0.29, 0.717) is 12.2 Å². The van der Waals surface area contributed by atoms with Gasteiger partial charge in [0.15, 0.2) is 0 Å². The molecule has 5 heteroatoms. The molecule has 3 rings (SSSR count). The van der Waals surface area contributed by atoms with Crippen molar-refractivity contribution in [2.45, 2.75) is 6.54 Å². The number of carbonyl (C=O) groups excluding carboxylic acids is 1. The van der Waals surface area contributed by atoms with E-state index < -0.39 is 0 Å². The number of nitrogens with zero attached hydrogens (tertiary/aromatic N) is 2. The molecule has 1 amide bonds. The van der Waals surface area contributed by atoms with Crippen molar-refractivity contribution < 1.29 is 4.79 Å². The standard InChI is InChI=1S/C16H15N3OS/c1-19-15(16(20)17-11-13-8-5-9-21-13)10-14(18-19)12-6-3-2-4-7-12/h2-10H,11H2,1H3,(H,17,20). The molecule has 106 valence electrons. The molecule has 0 atom stereocenters. The third-order valence-corrected chi connectivity index (χ3v) is 4.06. The Hall–Kier alpha value is -2.40. The van der Waals surface area contributed by atoms with Gasteiger partial charge in [0.25, 0.3) is 5.91 Å². The van der Waals surface area contributed by atoms with Crippen molar-refractivity contribution in [2.24, 2.45) is 7.05 Å². The molecule has 4 nitrogen and oxygen atoms in total. The van der Waals surface area contributed by atoms with Crippen LogP contribution in [0.4, 0.5) is 0 Å². The Labute approximate surface area is 127 Å². The average molecular weight is 297 g/mol. The molecule has 1 N–H and O–H groups in total. The molecule has 3 aromatic rings. The molecule has 0 saturated heterocycles. The number of hydrogen-bond donors (Lipinski definition) is 1. The molecule has 2 aromatic heterocycles. The lowest BCUT2D eigenvalue weighted by atomic mass is 10.1. The molecule has 21 heavy (non-hydrogen) atoms. The molecule has 0 aliphatic heterocycles. The summed E-state index contributed by atoms with van der Waals surface area (Å²) in [5.74, 6) is -0.111. The van der Waals surface area contributed by atoms with E-state index in [0.717, 1.165) is 16.1 Å². The van der Waals surface area contributed by atoms with Crippen molar-refractivity contribution in [1.29, 1.82) is 0 Å². The first-order valence-corrected chi connectivity index (χ1v) is 7.52. The summed E-state index contributed by atoms with van der Waals surface area (Å²) >= 11 is 1.63. The minimum absolute atomic E-state index is 0.111. The van der Waals surface area contributed by atoms with Gasteiger partial charge in [-0.15, -0.1) is 11.3 Å². The van der Waals surface area contributed by atoms with Crippen LogP contribution in [0.5, 0.6) is 0 Å². The van der Waals surface area contributed by atoms with Gasteiger partial charge in [-0.1, -0.05) is 36.4 Å². The van der Waals surface area contributed by atoms with Gasteiger partial charge in [0.05, 0.1) is 12.2 Å². The molecule has 2 heterocycles. The lowest BCUT2D eigenvalue weighted by Gasteiger charge is -2.03. The number of benzene rings is 1. The molecular formula is C16H15N3OS. The first kappa shape index (κ1) is 13.6. The molecule has 0 radical (unpaired) electrons. The molecule has 0 spiro atoms. The number of thiophene rings is 1. The predicted octanol–water partition coefficient (Wildman–Crippen LogP) is 3.08. The summed E-state index contributed by atoms with van der Waals surface area (Å²) in [4.78, 5) is 13.4. The lowest BCUT2D eigenvalue weighted by Crippen LogP contribution is -2.24. The fraction of sp³-hybridized carbons (Fsp3) is 0.125. The van der Waals surface area contributed by atoms with Gasteiger partial charge < -0.3 is 5.32 Å². The fourth-order valence-electron chi connectivity index (χ4n) is 2.10. The van der Waals surface area contributed by atoms with E-state index >= 15 is 0 Å². The molecule has 0 unspecified atom stereocenters. The van der Waals surface area contributed by atoms with E-state index in [1.54, 1.807) is 23.1 Å². The highest BCUT2D eigenvalue weighted by atomic mass is 32.1. The Morgan fingerprint density at radius 3 is 2.76 bits per heavy atom. The van der Waals surface area contributed by atoms with Gasteiger partial charge in [-0.3, -0.25) is 9.48 Å². The molecule has 0 aliphatic carbocycles. The number of aryl methyl sites for hydroxylation is 1. The van der Waals surface area contributed by atoms with Crippen molar-refractivity contribution in [3.8, 4) is 11.3 Å². The minimum Gasteiger partial charge on any atom is -0.346 e. The van der Waals surface area contributed by atoms with Crippen LogP contribution in [0.1, 0.15) is 15.4 Å². The Morgan fingerprint density at radius 2 is 2.05 bits per heavy atom. The van der Waals surface area contributed by atoms with Crippen molar-refractivity contribution in [2.75, 3.05) is 0 Å². The summed E-state index contributed by atoms with van der Waals surface area (Å²) in [5, 5.41) is 9.32. The number of carbonyl (C=O) groups is 1. The van der Waals surface area contributed by atoms with E-state index in [2.05, 4.69) is 10.4 Å². The average Bonchev–Trinajstić information content (AvgIpc) is 3.15. The predicted molar refractivity (Wildman–Crippen MR) is 84.1 cm³/mol. The van der Waals surface area contributed by atoms with Crippen LogP contribution in [0, 0.1) is 0 Å². The Morgan fingerprint density at radius 1 is 1.24 bits per heavy atom. The zero-order chi connectivity index (χ0) is 14.7. The Kier molecular flexibility index (Phi) is 3.83. The summed E-state index contributed by atoms with van der Waals surface area (Å²) in [6, 6.07) is 15.6. The number of nitrogens with one attached hydrogen (secondary N) is 1. The molecule has 0 aliphatic rings. The third kappa shape index (κ3) is 3.03. The van der Waals surface area contributed by atoms with Crippen molar-refractivity contribution in [3.05, 3.63) is 64.5 Å². The van der Waals surface area contributed by atoms with Gasteiger partial charge in [-0.05, 0) is 17.5 Å². The van der Waals surface area contributed by atoms with Gasteiger partial charge in [0.2, 0.25) is 0 Å². The van der Waals surface area contributed by atoms with Gasteiger partial charge in [-0.25, -0.2) is 0 Å². The molecular weight excluding hydrogens is 282 g/mol. The van der Waals surface area contributed by atoms with E-state index in [4.69, 9.17) is 0 Å². The van der Waals surface area contributed by atoms with Gasteiger partial charge >= 0.3 is 0 Å². The normalized spacial score (nSPS) is 10.5. The number of hydrogen-bond acceptors (Lipinski definition) is 3. The van der Waals surface area contributed by atoms with Crippen LogP contribution in [0.2, 0.25) is 0 Å². The third-order valence-electron chi connectivity index (χ3n) is 3.19. The molecule has 0 bridgehead atoms. The quantitative estimate of drug-likeness (QED) is 0.804. The number of aromatic nitrogens is 2. The zero-order valence-electron chi connectivity index (χ0n) is 11.6. The highest BCUT2D eigenvalue weighted by Crippen LogP contribution is 2.18. The summed E-state index contributed by atoms with van der Waals surface area (Å²) in [6.45, 7) is 0.544. The second-order valence-corrected chi connectivity index (χ2v) is 5.70. The van der Waals surface area contributed by atoms with Crippen LogP contribution in [0.25, 0.3) is 11.3 Å². The van der Waals surface area contributed by atoms with E-state index in [9.17, 15) is 4.79 Å². The van der Waals surface area contributed by atoms with Crippen LogP contribution in [-0.4, -0.2) is 15.7 Å². The van der Waals surface area contributed by atoms with Crippen molar-refractivity contribution in [3.63, 3.8) is 0 Å². The maximum atomic E-state index is 12.2. The van der Waals surface area contributed by atoms with Gasteiger partial charge in [0.1, 0.15) is 5.69 Å². The van der Waals surface area contributed by atoms with Crippen LogP contribution >= 0.6 is 11.3 Å². The number of amides is 1. The summed E-state index contributed by atoms with van der Waals surface area (Å²) in [6.07, 6.45) is 0. The largest absolute Gasteiger partial charge is 0.346 e. The van der Waals surface area contributed by atoms with E-state index in [1.807, 2.05) is 53.9 Å². The topological polar surface area (TPSA) is 46.9 Å². The first-order chi connectivity index (χ1) is 10.2. The summed E-state index contributed by atoms with van der Waals surface area (Å²) < 4.78 is 1.62. The van der Waals surface area contributed by atoms with Crippen molar-refractivity contribution in [1.82, 2.24) is 15.1 Å². The van der Waals surface area contributed by atoms with Crippen LogP contribution in [0.3, 0.4) is 0 Å². The molecule has 0 saturated carbocycles. The maximum Gasteiger partial charge on any atom is 0.269 e. The minimum atomic E-state index is -0.111. The molecule has 0 fully saturated rings.